The topological polar surface area (TPSA) is 86.8 Å². The van der Waals surface area contributed by atoms with Gasteiger partial charge in [-0.2, -0.15) is 0 Å². The van der Waals surface area contributed by atoms with Crippen molar-refractivity contribution in [1.82, 2.24) is 4.31 Å². The minimum absolute atomic E-state index is 0.00263. The molecule has 0 fully saturated rings. The largest absolute Gasteiger partial charge is 0.376 e. The van der Waals surface area contributed by atoms with Crippen LogP contribution < -0.4 is 9.62 Å². The standard InChI is InChI=1S/C18H23N3O4S2/c1-20(2)18-11-10-16(27(24,25)21(3)4)14-17(18)19-26(22,23)13-12-15-8-6-5-7-9-15/h5-14,19H,1-4H3. The van der Waals surface area contributed by atoms with Crippen molar-refractivity contribution in [2.45, 2.75) is 4.90 Å². The maximum absolute atomic E-state index is 12.5. The van der Waals surface area contributed by atoms with E-state index >= 15 is 0 Å². The third kappa shape index (κ3) is 5.31. The van der Waals surface area contributed by atoms with E-state index in [1.807, 2.05) is 6.07 Å². The van der Waals surface area contributed by atoms with E-state index in [0.29, 0.717) is 5.69 Å². The van der Waals surface area contributed by atoms with Crippen LogP contribution in [0.5, 0.6) is 0 Å². The fourth-order valence-electron chi connectivity index (χ4n) is 2.28. The zero-order valence-corrected chi connectivity index (χ0v) is 17.3. The van der Waals surface area contributed by atoms with Crippen LogP contribution in [-0.4, -0.2) is 49.3 Å². The van der Waals surface area contributed by atoms with Crippen LogP contribution in [0.25, 0.3) is 6.08 Å². The van der Waals surface area contributed by atoms with Crippen molar-refractivity contribution in [2.75, 3.05) is 37.8 Å². The lowest BCUT2D eigenvalue weighted by molar-refractivity contribution is 0.521. The summed E-state index contributed by atoms with van der Waals surface area (Å²) in [7, 11) is -1.20. The van der Waals surface area contributed by atoms with Gasteiger partial charge in [0.15, 0.2) is 0 Å². The van der Waals surface area contributed by atoms with Crippen LogP contribution in [0.1, 0.15) is 5.56 Å². The molecule has 2 aromatic carbocycles. The van der Waals surface area contributed by atoms with Gasteiger partial charge in [-0.1, -0.05) is 30.3 Å². The Morgan fingerprint density at radius 2 is 1.52 bits per heavy atom. The van der Waals surface area contributed by atoms with Crippen LogP contribution in [0, 0.1) is 0 Å². The molecule has 0 bridgehead atoms. The van der Waals surface area contributed by atoms with E-state index in [2.05, 4.69) is 4.72 Å². The molecule has 0 saturated carbocycles. The van der Waals surface area contributed by atoms with Crippen molar-refractivity contribution < 1.29 is 16.8 Å². The molecule has 0 spiro atoms. The number of sulfonamides is 2. The first kappa shape index (κ1) is 20.9. The van der Waals surface area contributed by atoms with Gasteiger partial charge in [0.2, 0.25) is 10.0 Å². The van der Waals surface area contributed by atoms with E-state index in [4.69, 9.17) is 0 Å². The highest BCUT2D eigenvalue weighted by molar-refractivity contribution is 7.95. The fraction of sp³-hybridized carbons (Fsp3) is 0.222. The Morgan fingerprint density at radius 1 is 0.889 bits per heavy atom. The predicted molar refractivity (Wildman–Crippen MR) is 110 cm³/mol. The van der Waals surface area contributed by atoms with Crippen LogP contribution in [0.2, 0.25) is 0 Å². The minimum Gasteiger partial charge on any atom is -0.376 e. The number of anilines is 2. The van der Waals surface area contributed by atoms with E-state index in [1.165, 1.54) is 32.3 Å². The van der Waals surface area contributed by atoms with Gasteiger partial charge in [-0.15, -0.1) is 0 Å². The van der Waals surface area contributed by atoms with Crippen molar-refractivity contribution in [1.29, 1.82) is 0 Å². The molecule has 0 aliphatic heterocycles. The second-order valence-electron chi connectivity index (χ2n) is 6.22. The highest BCUT2D eigenvalue weighted by Crippen LogP contribution is 2.29. The highest BCUT2D eigenvalue weighted by Gasteiger charge is 2.20. The molecule has 2 aromatic rings. The first-order valence-electron chi connectivity index (χ1n) is 8.03. The lowest BCUT2D eigenvalue weighted by atomic mass is 10.2. The summed E-state index contributed by atoms with van der Waals surface area (Å²) in [5.74, 6) is 0. The summed E-state index contributed by atoms with van der Waals surface area (Å²) < 4.78 is 53.2. The van der Waals surface area contributed by atoms with Gasteiger partial charge in [-0.3, -0.25) is 4.72 Å². The van der Waals surface area contributed by atoms with Crippen LogP contribution >= 0.6 is 0 Å². The summed E-state index contributed by atoms with van der Waals surface area (Å²) in [4.78, 5) is 1.70. The molecule has 0 unspecified atom stereocenters. The SMILES string of the molecule is CN(C)c1ccc(S(=O)(=O)N(C)C)cc1NS(=O)(=O)C=Cc1ccccc1. The number of nitrogens with one attached hydrogen (secondary N) is 1. The average molecular weight is 410 g/mol. The first-order valence-corrected chi connectivity index (χ1v) is 11.0. The zero-order valence-electron chi connectivity index (χ0n) is 15.6. The molecule has 0 radical (unpaired) electrons. The van der Waals surface area contributed by atoms with E-state index in [9.17, 15) is 16.8 Å². The lowest BCUT2D eigenvalue weighted by Crippen LogP contribution is -2.23. The van der Waals surface area contributed by atoms with Crippen LogP contribution in [-0.2, 0) is 20.0 Å². The third-order valence-electron chi connectivity index (χ3n) is 3.72. The van der Waals surface area contributed by atoms with E-state index in [0.717, 1.165) is 15.3 Å². The normalized spacial score (nSPS) is 12.5. The second kappa shape index (κ2) is 8.12. The summed E-state index contributed by atoms with van der Waals surface area (Å²) in [6, 6.07) is 13.3. The molecule has 0 heterocycles. The number of hydrogen-bond donors (Lipinski definition) is 1. The molecule has 9 heteroatoms. The predicted octanol–water partition coefficient (Wildman–Crippen LogP) is 2.42. The zero-order chi connectivity index (χ0) is 20.2. The quantitative estimate of drug-likeness (QED) is 0.759. The summed E-state index contributed by atoms with van der Waals surface area (Å²) >= 11 is 0. The van der Waals surface area contributed by atoms with Gasteiger partial charge in [0, 0.05) is 28.2 Å². The highest BCUT2D eigenvalue weighted by atomic mass is 32.2. The van der Waals surface area contributed by atoms with Crippen LogP contribution in [0.15, 0.2) is 58.8 Å². The van der Waals surface area contributed by atoms with Gasteiger partial charge in [0.1, 0.15) is 0 Å². The molecule has 7 nitrogen and oxygen atoms in total. The Kier molecular flexibility index (Phi) is 6.30. The molecule has 1 N–H and O–H groups in total. The molecule has 146 valence electrons. The van der Waals surface area contributed by atoms with Gasteiger partial charge >= 0.3 is 0 Å². The molecular weight excluding hydrogens is 386 g/mol. The Balaban J connectivity index is 2.42. The maximum Gasteiger partial charge on any atom is 0.255 e. The summed E-state index contributed by atoms with van der Waals surface area (Å²) in [6.07, 6.45) is 1.47. The Bertz CT molecular complexity index is 1030. The molecule has 0 amide bonds. The Morgan fingerprint density at radius 3 is 2.07 bits per heavy atom. The van der Waals surface area contributed by atoms with Crippen molar-refractivity contribution >= 4 is 37.5 Å². The summed E-state index contributed by atoms with van der Waals surface area (Å²) in [5.41, 5.74) is 1.46. The van der Waals surface area contributed by atoms with E-state index < -0.39 is 20.0 Å². The Labute approximate surface area is 161 Å². The molecule has 2 rings (SSSR count). The van der Waals surface area contributed by atoms with Gasteiger partial charge < -0.3 is 4.90 Å². The van der Waals surface area contributed by atoms with Gasteiger partial charge in [0.25, 0.3) is 10.0 Å². The van der Waals surface area contributed by atoms with Gasteiger partial charge in [0.05, 0.1) is 21.7 Å². The molecular formula is C18H23N3O4S2. The van der Waals surface area contributed by atoms with Crippen LogP contribution in [0.4, 0.5) is 11.4 Å². The van der Waals surface area contributed by atoms with Crippen LogP contribution in [0.3, 0.4) is 0 Å². The number of rotatable bonds is 7. The maximum atomic E-state index is 12.5. The molecule has 0 atom stereocenters. The second-order valence-corrected chi connectivity index (χ2v) is 9.94. The molecule has 0 saturated heterocycles. The molecule has 0 aromatic heterocycles. The first-order chi connectivity index (χ1) is 12.5. The van der Waals surface area contributed by atoms with E-state index in [1.54, 1.807) is 49.3 Å². The molecule has 0 aliphatic rings. The number of nitrogens with zero attached hydrogens (tertiary/aromatic N) is 2. The summed E-state index contributed by atoms with van der Waals surface area (Å²) in [6.45, 7) is 0. The monoisotopic (exact) mass is 409 g/mol. The smallest absolute Gasteiger partial charge is 0.255 e. The lowest BCUT2D eigenvalue weighted by Gasteiger charge is -2.20. The molecule has 0 aliphatic carbocycles. The molecule has 27 heavy (non-hydrogen) atoms. The average Bonchev–Trinajstić information content (AvgIpc) is 2.60. The van der Waals surface area contributed by atoms with Gasteiger partial charge in [-0.25, -0.2) is 21.1 Å². The summed E-state index contributed by atoms with van der Waals surface area (Å²) in [5, 5.41) is 1.05. The van der Waals surface area contributed by atoms with Crippen molar-refractivity contribution in [3.8, 4) is 0 Å². The van der Waals surface area contributed by atoms with E-state index in [-0.39, 0.29) is 10.6 Å². The Hall–Kier alpha value is -2.36. The van der Waals surface area contributed by atoms with Gasteiger partial charge in [-0.05, 0) is 29.8 Å². The minimum atomic E-state index is -3.84. The number of benzene rings is 2. The van der Waals surface area contributed by atoms with Crippen molar-refractivity contribution in [3.63, 3.8) is 0 Å². The van der Waals surface area contributed by atoms with Crippen molar-refractivity contribution in [2.24, 2.45) is 0 Å². The van der Waals surface area contributed by atoms with Crippen molar-refractivity contribution in [3.05, 3.63) is 59.5 Å². The fourth-order valence-corrected chi connectivity index (χ4v) is 4.08. The number of hydrogen-bond acceptors (Lipinski definition) is 5. The third-order valence-corrected chi connectivity index (χ3v) is 6.53.